The van der Waals surface area contributed by atoms with Crippen molar-refractivity contribution in [1.82, 2.24) is 29.7 Å². The number of H-pyrrole nitrogens is 1. The summed E-state index contributed by atoms with van der Waals surface area (Å²) in [5, 5.41) is 9.66. The zero-order chi connectivity index (χ0) is 26.4. The first-order valence-electron chi connectivity index (χ1n) is 12.8. The van der Waals surface area contributed by atoms with Gasteiger partial charge in [-0.05, 0) is 38.5 Å². The highest BCUT2D eigenvalue weighted by Crippen LogP contribution is 2.32. The fraction of sp³-hybridized carbons (Fsp3) is 0.267. The molecular weight excluding hydrogens is 476 g/mol. The largest absolute Gasteiger partial charge is 0.465 e. The zero-order valence-corrected chi connectivity index (χ0v) is 21.7. The van der Waals surface area contributed by atoms with E-state index in [1.165, 1.54) is 5.56 Å². The summed E-state index contributed by atoms with van der Waals surface area (Å²) in [6, 6.07) is 22.7. The first-order chi connectivity index (χ1) is 18.3. The van der Waals surface area contributed by atoms with Crippen molar-refractivity contribution in [2.75, 3.05) is 13.1 Å². The molecule has 2 N–H and O–H groups in total. The lowest BCUT2D eigenvalue weighted by Crippen LogP contribution is -2.64. The van der Waals surface area contributed by atoms with E-state index in [-0.39, 0.29) is 6.04 Å². The molecule has 5 aromatic rings. The van der Waals surface area contributed by atoms with Crippen LogP contribution < -0.4 is 0 Å². The smallest absolute Gasteiger partial charge is 0.408 e. The predicted octanol–water partition coefficient (Wildman–Crippen LogP) is 5.80. The summed E-state index contributed by atoms with van der Waals surface area (Å²) in [6.07, 6.45) is 0.719. The standard InChI is InChI=1S/C30H30N6O2/c1-30(2,3)36(29(37)38)22-16-35(17-22)15-19-9-11-21(12-10-19)28-27(20-7-5-4-6-8-20)33-25-13-23-24(32-18-31-23)14-26(25)34-28/h4-14,18,22,34H,15-17H2,1-3H3,(H,37,38). The molecule has 0 radical (unpaired) electrons. The van der Waals surface area contributed by atoms with Crippen LogP contribution in [0.2, 0.25) is 0 Å². The number of hydrogen-bond acceptors (Lipinski definition) is 5. The van der Waals surface area contributed by atoms with Gasteiger partial charge in [0.15, 0.2) is 0 Å². The SMILES string of the molecule is CC(C)(C)N(C(=O)O)C1CN(Cc2ccc(-c3[nH]c4cc5ncnc5cc4nc3-c3ccccc3)cc2)C1. The van der Waals surface area contributed by atoms with Crippen LogP contribution in [0.25, 0.3) is 44.6 Å². The third-order valence-corrected chi connectivity index (χ3v) is 7.14. The highest BCUT2D eigenvalue weighted by atomic mass is 16.4. The van der Waals surface area contributed by atoms with Gasteiger partial charge in [-0.15, -0.1) is 0 Å². The van der Waals surface area contributed by atoms with Crippen molar-refractivity contribution in [3.05, 3.63) is 78.6 Å². The van der Waals surface area contributed by atoms with Crippen LogP contribution in [-0.4, -0.2) is 65.6 Å². The molecule has 0 spiro atoms. The van der Waals surface area contributed by atoms with Crippen LogP contribution in [0.4, 0.5) is 4.79 Å². The molecular formula is C30H30N6O2. The second-order valence-electron chi connectivity index (χ2n) is 10.9. The summed E-state index contributed by atoms with van der Waals surface area (Å²) in [7, 11) is 0. The van der Waals surface area contributed by atoms with E-state index >= 15 is 0 Å². The number of fused-ring (bicyclic) bond motifs is 2. The van der Waals surface area contributed by atoms with E-state index in [9.17, 15) is 9.90 Å². The molecule has 192 valence electrons. The van der Waals surface area contributed by atoms with E-state index in [0.29, 0.717) is 0 Å². The summed E-state index contributed by atoms with van der Waals surface area (Å²) in [5.41, 5.74) is 8.10. The van der Waals surface area contributed by atoms with Gasteiger partial charge < -0.3 is 10.1 Å². The Kier molecular flexibility index (Phi) is 5.84. The highest BCUT2D eigenvalue weighted by molar-refractivity contribution is 5.94. The summed E-state index contributed by atoms with van der Waals surface area (Å²) >= 11 is 0. The lowest BCUT2D eigenvalue weighted by molar-refractivity contribution is -0.00829. The van der Waals surface area contributed by atoms with Crippen LogP contribution in [0.15, 0.2) is 73.1 Å². The van der Waals surface area contributed by atoms with Crippen LogP contribution in [0.1, 0.15) is 26.3 Å². The molecule has 38 heavy (non-hydrogen) atoms. The van der Waals surface area contributed by atoms with E-state index in [1.807, 2.05) is 51.1 Å². The molecule has 1 fully saturated rings. The van der Waals surface area contributed by atoms with Gasteiger partial charge in [0.25, 0.3) is 0 Å². The van der Waals surface area contributed by atoms with Crippen LogP contribution in [0.3, 0.4) is 0 Å². The van der Waals surface area contributed by atoms with Crippen molar-refractivity contribution in [3.63, 3.8) is 0 Å². The molecule has 1 aliphatic heterocycles. The van der Waals surface area contributed by atoms with Crippen molar-refractivity contribution < 1.29 is 9.90 Å². The summed E-state index contributed by atoms with van der Waals surface area (Å²) in [5.74, 6) is 0. The minimum atomic E-state index is -0.855. The van der Waals surface area contributed by atoms with Gasteiger partial charge in [0.05, 0.1) is 39.5 Å². The minimum Gasteiger partial charge on any atom is -0.465 e. The van der Waals surface area contributed by atoms with Crippen molar-refractivity contribution in [2.24, 2.45) is 0 Å². The minimum absolute atomic E-state index is 0.0251. The first-order valence-corrected chi connectivity index (χ1v) is 12.8. The summed E-state index contributed by atoms with van der Waals surface area (Å²) in [6.45, 7) is 8.10. The van der Waals surface area contributed by atoms with Gasteiger partial charge in [0, 0.05) is 36.3 Å². The second kappa shape index (κ2) is 9.22. The Morgan fingerprint density at radius 3 is 2.32 bits per heavy atom. The van der Waals surface area contributed by atoms with E-state index in [1.54, 1.807) is 11.2 Å². The van der Waals surface area contributed by atoms with Gasteiger partial charge in [-0.25, -0.2) is 19.7 Å². The van der Waals surface area contributed by atoms with Crippen molar-refractivity contribution in [1.29, 1.82) is 0 Å². The van der Waals surface area contributed by atoms with E-state index < -0.39 is 11.6 Å². The number of rotatable bonds is 5. The maximum atomic E-state index is 11.8. The molecule has 1 amide bonds. The molecule has 0 saturated carbocycles. The number of imidazole rings is 1. The molecule has 6 rings (SSSR count). The number of amides is 1. The Bertz CT molecular complexity index is 1620. The molecule has 0 aliphatic carbocycles. The maximum Gasteiger partial charge on any atom is 0.408 e. The number of nitrogens with zero attached hydrogens (tertiary/aromatic N) is 5. The number of aromatic nitrogens is 4. The van der Waals surface area contributed by atoms with E-state index in [2.05, 4.69) is 56.3 Å². The Balaban J connectivity index is 1.27. The average Bonchev–Trinajstić information content (AvgIpc) is 3.32. The fourth-order valence-corrected chi connectivity index (χ4v) is 5.36. The van der Waals surface area contributed by atoms with Gasteiger partial charge >= 0.3 is 6.09 Å². The Labute approximate surface area is 221 Å². The van der Waals surface area contributed by atoms with Gasteiger partial charge in [-0.2, -0.15) is 0 Å². The lowest BCUT2D eigenvalue weighted by atomic mass is 9.98. The molecule has 3 heterocycles. The number of carboxylic acid groups (broad SMARTS) is 1. The predicted molar refractivity (Wildman–Crippen MR) is 149 cm³/mol. The summed E-state index contributed by atoms with van der Waals surface area (Å²) in [4.78, 5) is 33.0. The molecule has 0 atom stereocenters. The third-order valence-electron chi connectivity index (χ3n) is 7.14. The monoisotopic (exact) mass is 506 g/mol. The van der Waals surface area contributed by atoms with Gasteiger partial charge in [-0.3, -0.25) is 9.80 Å². The Morgan fingerprint density at radius 2 is 1.66 bits per heavy atom. The zero-order valence-electron chi connectivity index (χ0n) is 21.7. The topological polar surface area (TPSA) is 98.2 Å². The Morgan fingerprint density at radius 1 is 0.974 bits per heavy atom. The van der Waals surface area contributed by atoms with Gasteiger partial charge in [-0.1, -0.05) is 54.6 Å². The first kappa shape index (κ1) is 24.1. The summed E-state index contributed by atoms with van der Waals surface area (Å²) < 4.78 is 0. The molecule has 8 nitrogen and oxygen atoms in total. The maximum absolute atomic E-state index is 11.8. The fourth-order valence-electron chi connectivity index (χ4n) is 5.36. The van der Waals surface area contributed by atoms with E-state index in [0.717, 1.165) is 64.2 Å². The third kappa shape index (κ3) is 4.48. The molecule has 3 aromatic carbocycles. The lowest BCUT2D eigenvalue weighted by Gasteiger charge is -2.49. The van der Waals surface area contributed by atoms with Crippen LogP contribution in [0.5, 0.6) is 0 Å². The number of hydrogen-bond donors (Lipinski definition) is 2. The number of likely N-dealkylation sites (tertiary alicyclic amines) is 1. The number of nitrogens with one attached hydrogen (secondary N) is 1. The van der Waals surface area contributed by atoms with Gasteiger partial charge in [0.1, 0.15) is 6.33 Å². The molecule has 2 aromatic heterocycles. The van der Waals surface area contributed by atoms with Gasteiger partial charge in [0.2, 0.25) is 0 Å². The van der Waals surface area contributed by atoms with Crippen LogP contribution in [-0.2, 0) is 6.54 Å². The average molecular weight is 507 g/mol. The van der Waals surface area contributed by atoms with E-state index in [4.69, 9.17) is 4.98 Å². The van der Waals surface area contributed by atoms with Crippen LogP contribution in [0, 0.1) is 0 Å². The van der Waals surface area contributed by atoms with Crippen molar-refractivity contribution in [2.45, 2.75) is 38.9 Å². The molecule has 1 saturated heterocycles. The highest BCUT2D eigenvalue weighted by Gasteiger charge is 2.40. The normalized spacial score (nSPS) is 14.6. The number of carbonyl (C=O) groups is 1. The molecule has 0 bridgehead atoms. The quantitative estimate of drug-likeness (QED) is 0.313. The molecule has 1 aliphatic rings. The molecule has 8 heteroatoms. The second-order valence-corrected chi connectivity index (χ2v) is 10.9. The van der Waals surface area contributed by atoms with Crippen molar-refractivity contribution in [3.8, 4) is 22.5 Å². The Hall–Kier alpha value is -4.30. The van der Waals surface area contributed by atoms with Crippen molar-refractivity contribution >= 4 is 28.2 Å². The molecule has 0 unspecified atom stereocenters. The number of aromatic amines is 1. The number of benzene rings is 3. The van der Waals surface area contributed by atoms with Crippen LogP contribution >= 0.6 is 0 Å².